The zero-order valence-corrected chi connectivity index (χ0v) is 12.8. The molecule has 0 radical (unpaired) electrons. The van der Waals surface area contributed by atoms with E-state index in [0.29, 0.717) is 11.4 Å². The van der Waals surface area contributed by atoms with Crippen molar-refractivity contribution < 1.29 is 4.39 Å². The van der Waals surface area contributed by atoms with Gasteiger partial charge in [0.1, 0.15) is 5.82 Å². The van der Waals surface area contributed by atoms with Gasteiger partial charge in [-0.25, -0.2) is 4.39 Å². The Morgan fingerprint density at radius 1 is 1.26 bits per heavy atom. The minimum atomic E-state index is -0.264. The Morgan fingerprint density at radius 2 is 2.00 bits per heavy atom. The summed E-state index contributed by atoms with van der Waals surface area (Å²) in [6.45, 7) is 1.99. The summed E-state index contributed by atoms with van der Waals surface area (Å²) in [4.78, 5) is 0. The van der Waals surface area contributed by atoms with Crippen LogP contribution in [0.15, 0.2) is 40.9 Å². The second kappa shape index (κ2) is 6.04. The highest BCUT2D eigenvalue weighted by molar-refractivity contribution is 9.10. The van der Waals surface area contributed by atoms with Crippen LogP contribution in [0, 0.1) is 12.7 Å². The van der Waals surface area contributed by atoms with Crippen LogP contribution >= 0.6 is 27.5 Å². The Kier molecular flexibility index (Phi) is 4.61. The number of hydrogen-bond donors (Lipinski definition) is 1. The average molecular weight is 343 g/mol. The van der Waals surface area contributed by atoms with Crippen molar-refractivity contribution in [2.24, 2.45) is 5.73 Å². The van der Waals surface area contributed by atoms with Crippen LogP contribution in [0.1, 0.15) is 22.7 Å². The highest BCUT2D eigenvalue weighted by Gasteiger charge is 2.11. The van der Waals surface area contributed by atoms with Crippen molar-refractivity contribution in [2.45, 2.75) is 19.4 Å². The van der Waals surface area contributed by atoms with E-state index in [1.807, 2.05) is 31.2 Å². The fourth-order valence-corrected chi connectivity index (χ4v) is 2.80. The normalized spacial score (nSPS) is 12.5. The van der Waals surface area contributed by atoms with Crippen LogP contribution in [-0.2, 0) is 6.42 Å². The minimum absolute atomic E-state index is 0.201. The summed E-state index contributed by atoms with van der Waals surface area (Å²) in [7, 11) is 0. The monoisotopic (exact) mass is 341 g/mol. The molecule has 2 rings (SSSR count). The zero-order valence-electron chi connectivity index (χ0n) is 10.5. The van der Waals surface area contributed by atoms with E-state index in [1.165, 1.54) is 12.1 Å². The van der Waals surface area contributed by atoms with Gasteiger partial charge in [0.15, 0.2) is 0 Å². The maximum Gasteiger partial charge on any atom is 0.124 e. The van der Waals surface area contributed by atoms with Gasteiger partial charge in [0.05, 0.1) is 0 Å². The lowest BCUT2D eigenvalue weighted by Crippen LogP contribution is -2.14. The van der Waals surface area contributed by atoms with Crippen molar-refractivity contribution >= 4 is 27.5 Å². The van der Waals surface area contributed by atoms with Gasteiger partial charge in [-0.05, 0) is 60.4 Å². The van der Waals surface area contributed by atoms with Crippen molar-refractivity contribution in [3.8, 4) is 0 Å². The number of nitrogens with two attached hydrogens (primary N) is 1. The van der Waals surface area contributed by atoms with E-state index in [1.54, 1.807) is 0 Å². The van der Waals surface area contributed by atoms with Crippen LogP contribution in [0.2, 0.25) is 5.02 Å². The van der Waals surface area contributed by atoms with Gasteiger partial charge in [-0.3, -0.25) is 0 Å². The van der Waals surface area contributed by atoms with E-state index in [4.69, 9.17) is 17.3 Å². The average Bonchev–Trinajstić information content (AvgIpc) is 2.30. The molecule has 4 heteroatoms. The zero-order chi connectivity index (χ0) is 14.0. The molecule has 2 N–H and O–H groups in total. The first-order valence-corrected chi connectivity index (χ1v) is 7.09. The van der Waals surface area contributed by atoms with Crippen molar-refractivity contribution in [3.63, 3.8) is 0 Å². The predicted molar refractivity (Wildman–Crippen MR) is 80.9 cm³/mol. The molecule has 0 aliphatic heterocycles. The Labute approximate surface area is 125 Å². The molecule has 0 heterocycles. The molecule has 0 spiro atoms. The van der Waals surface area contributed by atoms with E-state index in [2.05, 4.69) is 15.9 Å². The van der Waals surface area contributed by atoms with Crippen LogP contribution in [0.4, 0.5) is 4.39 Å². The molecule has 0 bridgehead atoms. The molecule has 0 saturated carbocycles. The Hall–Kier alpha value is -0.900. The third-order valence-corrected chi connectivity index (χ3v) is 3.71. The number of rotatable bonds is 3. The first-order chi connectivity index (χ1) is 8.95. The molecule has 19 heavy (non-hydrogen) atoms. The molecule has 0 aliphatic rings. The largest absolute Gasteiger partial charge is 0.324 e. The smallest absolute Gasteiger partial charge is 0.124 e. The number of aryl methyl sites for hydroxylation is 1. The molecule has 2 aromatic rings. The molecule has 100 valence electrons. The second-order valence-electron chi connectivity index (χ2n) is 4.59. The fourth-order valence-electron chi connectivity index (χ4n) is 2.10. The third kappa shape index (κ3) is 3.78. The fraction of sp³-hybridized carbons (Fsp3) is 0.200. The Bertz CT molecular complexity index is 580. The van der Waals surface area contributed by atoms with E-state index in [9.17, 15) is 4.39 Å². The maximum atomic E-state index is 13.3. The molecule has 1 nitrogen and oxygen atoms in total. The topological polar surface area (TPSA) is 26.0 Å². The molecule has 2 aromatic carbocycles. The van der Waals surface area contributed by atoms with Gasteiger partial charge in [0.2, 0.25) is 0 Å². The Morgan fingerprint density at radius 3 is 2.68 bits per heavy atom. The SMILES string of the molecule is Cc1ccc(Cl)cc1C(N)Cc1cc(F)cc(Br)c1. The maximum absolute atomic E-state index is 13.3. The number of halogens is 3. The lowest BCUT2D eigenvalue weighted by molar-refractivity contribution is 0.621. The number of hydrogen-bond acceptors (Lipinski definition) is 1. The van der Waals surface area contributed by atoms with Crippen LogP contribution < -0.4 is 5.73 Å². The van der Waals surface area contributed by atoms with Crippen LogP contribution in [0.25, 0.3) is 0 Å². The standard InChI is InChI=1S/C15H14BrClFN/c1-9-2-3-12(17)8-14(9)15(19)6-10-4-11(16)7-13(18)5-10/h2-5,7-8,15H,6,19H2,1H3. The van der Waals surface area contributed by atoms with Crippen molar-refractivity contribution in [1.29, 1.82) is 0 Å². The Balaban J connectivity index is 2.25. The molecule has 0 aromatic heterocycles. The summed E-state index contributed by atoms with van der Waals surface area (Å²) in [6.07, 6.45) is 0.567. The quantitative estimate of drug-likeness (QED) is 0.852. The molecular formula is C15H14BrClFN. The molecule has 1 atom stereocenters. The lowest BCUT2D eigenvalue weighted by atomic mass is 9.96. The van der Waals surface area contributed by atoms with E-state index >= 15 is 0 Å². The van der Waals surface area contributed by atoms with Gasteiger partial charge in [-0.2, -0.15) is 0 Å². The van der Waals surface area contributed by atoms with Gasteiger partial charge < -0.3 is 5.73 Å². The van der Waals surface area contributed by atoms with E-state index < -0.39 is 0 Å². The van der Waals surface area contributed by atoms with E-state index in [0.717, 1.165) is 21.2 Å². The minimum Gasteiger partial charge on any atom is -0.324 e. The molecular weight excluding hydrogens is 329 g/mol. The molecule has 1 unspecified atom stereocenters. The lowest BCUT2D eigenvalue weighted by Gasteiger charge is -2.15. The summed E-state index contributed by atoms with van der Waals surface area (Å²) in [5.74, 6) is -0.264. The molecule has 0 amide bonds. The van der Waals surface area contributed by atoms with Crippen molar-refractivity contribution in [2.75, 3.05) is 0 Å². The summed E-state index contributed by atoms with van der Waals surface area (Å²) >= 11 is 9.27. The van der Waals surface area contributed by atoms with Gasteiger partial charge in [-0.15, -0.1) is 0 Å². The molecule has 0 aliphatic carbocycles. The first-order valence-electron chi connectivity index (χ1n) is 5.92. The van der Waals surface area contributed by atoms with Crippen LogP contribution in [-0.4, -0.2) is 0 Å². The highest BCUT2D eigenvalue weighted by atomic mass is 79.9. The van der Waals surface area contributed by atoms with Gasteiger partial charge in [0.25, 0.3) is 0 Å². The predicted octanol–water partition coefficient (Wildman–Crippen LogP) is 4.79. The van der Waals surface area contributed by atoms with Crippen molar-refractivity contribution in [3.05, 3.63) is 68.4 Å². The summed E-state index contributed by atoms with van der Waals surface area (Å²) in [5.41, 5.74) is 9.14. The summed E-state index contributed by atoms with van der Waals surface area (Å²) in [6, 6.07) is 10.3. The summed E-state index contributed by atoms with van der Waals surface area (Å²) in [5, 5.41) is 0.663. The van der Waals surface area contributed by atoms with Crippen LogP contribution in [0.5, 0.6) is 0 Å². The van der Waals surface area contributed by atoms with Crippen molar-refractivity contribution in [1.82, 2.24) is 0 Å². The van der Waals surface area contributed by atoms with Gasteiger partial charge in [0, 0.05) is 15.5 Å². The van der Waals surface area contributed by atoms with Gasteiger partial charge in [-0.1, -0.05) is 33.6 Å². The summed E-state index contributed by atoms with van der Waals surface area (Å²) < 4.78 is 14.1. The van der Waals surface area contributed by atoms with Gasteiger partial charge >= 0.3 is 0 Å². The van der Waals surface area contributed by atoms with E-state index in [-0.39, 0.29) is 11.9 Å². The second-order valence-corrected chi connectivity index (χ2v) is 5.94. The highest BCUT2D eigenvalue weighted by Crippen LogP contribution is 2.24. The molecule has 0 fully saturated rings. The first kappa shape index (κ1) is 14.5. The van der Waals surface area contributed by atoms with Crippen LogP contribution in [0.3, 0.4) is 0 Å². The number of benzene rings is 2. The molecule has 0 saturated heterocycles. The third-order valence-electron chi connectivity index (χ3n) is 3.02.